The third kappa shape index (κ3) is 2.64. The Morgan fingerprint density at radius 1 is 1.82 bits per heavy atom. The standard InChI is InChI=1S/C8H10ClNS/c1-6(4-9)3-8-5-10-7(2)11-8/h3,5H,4H2,1-2H3/b6-3+. The number of aryl methyl sites for hydroxylation is 1. The molecule has 0 radical (unpaired) electrons. The molecule has 0 aromatic carbocycles. The Morgan fingerprint density at radius 2 is 2.55 bits per heavy atom. The maximum atomic E-state index is 5.62. The molecular weight excluding hydrogens is 178 g/mol. The van der Waals surface area contributed by atoms with Crippen LogP contribution in [0.5, 0.6) is 0 Å². The van der Waals surface area contributed by atoms with Gasteiger partial charge in [0.15, 0.2) is 0 Å². The van der Waals surface area contributed by atoms with Crippen LogP contribution in [0.15, 0.2) is 11.8 Å². The van der Waals surface area contributed by atoms with E-state index in [1.165, 1.54) is 10.5 Å². The monoisotopic (exact) mass is 187 g/mol. The van der Waals surface area contributed by atoms with Crippen LogP contribution in [-0.2, 0) is 0 Å². The molecule has 1 heterocycles. The number of alkyl halides is 1. The number of hydrogen-bond acceptors (Lipinski definition) is 2. The third-order valence-electron chi connectivity index (χ3n) is 1.24. The van der Waals surface area contributed by atoms with E-state index in [1.54, 1.807) is 11.3 Å². The van der Waals surface area contributed by atoms with Crippen molar-refractivity contribution in [2.45, 2.75) is 13.8 Å². The first-order valence-corrected chi connectivity index (χ1v) is 4.73. The van der Waals surface area contributed by atoms with Crippen LogP contribution in [-0.4, -0.2) is 10.9 Å². The van der Waals surface area contributed by atoms with Crippen LogP contribution < -0.4 is 0 Å². The molecule has 0 N–H and O–H groups in total. The minimum atomic E-state index is 0.594. The van der Waals surface area contributed by atoms with Crippen molar-refractivity contribution >= 4 is 29.0 Å². The lowest BCUT2D eigenvalue weighted by Crippen LogP contribution is -1.73. The maximum Gasteiger partial charge on any atom is 0.0900 e. The van der Waals surface area contributed by atoms with Gasteiger partial charge in [-0.05, 0) is 19.9 Å². The first-order valence-electron chi connectivity index (χ1n) is 3.38. The van der Waals surface area contributed by atoms with Crippen molar-refractivity contribution in [3.05, 3.63) is 21.7 Å². The van der Waals surface area contributed by atoms with Crippen molar-refractivity contribution in [3.63, 3.8) is 0 Å². The number of aromatic nitrogens is 1. The number of thiazole rings is 1. The van der Waals surface area contributed by atoms with E-state index in [2.05, 4.69) is 11.1 Å². The predicted octanol–water partition coefficient (Wildman–Crippen LogP) is 3.09. The highest BCUT2D eigenvalue weighted by Crippen LogP contribution is 2.15. The molecule has 1 nitrogen and oxygen atoms in total. The first-order chi connectivity index (χ1) is 5.22. The number of halogens is 1. The van der Waals surface area contributed by atoms with E-state index in [-0.39, 0.29) is 0 Å². The predicted molar refractivity (Wildman–Crippen MR) is 51.2 cm³/mol. The summed E-state index contributed by atoms with van der Waals surface area (Å²) in [6, 6.07) is 0. The lowest BCUT2D eigenvalue weighted by Gasteiger charge is -1.88. The van der Waals surface area contributed by atoms with Crippen LogP contribution in [0.2, 0.25) is 0 Å². The second-order valence-electron chi connectivity index (χ2n) is 2.41. The van der Waals surface area contributed by atoms with Gasteiger partial charge in [0.1, 0.15) is 0 Å². The topological polar surface area (TPSA) is 12.9 Å². The molecule has 60 valence electrons. The van der Waals surface area contributed by atoms with Gasteiger partial charge in [0.2, 0.25) is 0 Å². The molecule has 0 aliphatic carbocycles. The zero-order chi connectivity index (χ0) is 8.27. The Balaban J connectivity index is 2.78. The molecule has 0 aliphatic heterocycles. The fraction of sp³-hybridized carbons (Fsp3) is 0.375. The van der Waals surface area contributed by atoms with E-state index in [0.29, 0.717) is 5.88 Å². The molecule has 0 fully saturated rings. The first kappa shape index (κ1) is 8.75. The van der Waals surface area contributed by atoms with Gasteiger partial charge in [-0.2, -0.15) is 0 Å². The largest absolute Gasteiger partial charge is 0.249 e. The second-order valence-corrected chi connectivity index (χ2v) is 3.94. The molecule has 0 atom stereocenters. The van der Waals surface area contributed by atoms with Crippen molar-refractivity contribution in [1.29, 1.82) is 0 Å². The molecular formula is C8H10ClNS. The number of allylic oxidation sites excluding steroid dienone is 1. The van der Waals surface area contributed by atoms with Crippen LogP contribution in [0.3, 0.4) is 0 Å². The molecule has 0 spiro atoms. The SMILES string of the molecule is C/C(=C\c1cnc(C)s1)CCl. The van der Waals surface area contributed by atoms with Gasteiger partial charge < -0.3 is 0 Å². The molecule has 1 rings (SSSR count). The second kappa shape index (κ2) is 3.88. The number of hydrogen-bond donors (Lipinski definition) is 0. The Labute approximate surface area is 75.7 Å². The fourth-order valence-electron chi connectivity index (χ4n) is 0.726. The van der Waals surface area contributed by atoms with Crippen molar-refractivity contribution in [2.75, 3.05) is 5.88 Å². The van der Waals surface area contributed by atoms with E-state index in [4.69, 9.17) is 11.6 Å². The minimum Gasteiger partial charge on any atom is -0.249 e. The van der Waals surface area contributed by atoms with Crippen molar-refractivity contribution in [2.24, 2.45) is 0 Å². The van der Waals surface area contributed by atoms with Gasteiger partial charge in [0.05, 0.1) is 5.01 Å². The van der Waals surface area contributed by atoms with Crippen molar-refractivity contribution < 1.29 is 0 Å². The summed E-state index contributed by atoms with van der Waals surface area (Å²) in [4.78, 5) is 5.32. The van der Waals surface area contributed by atoms with Crippen LogP contribution in [0.25, 0.3) is 6.08 Å². The van der Waals surface area contributed by atoms with E-state index < -0.39 is 0 Å². The van der Waals surface area contributed by atoms with Gasteiger partial charge in [0, 0.05) is 17.0 Å². The fourth-order valence-corrected chi connectivity index (χ4v) is 1.62. The average molecular weight is 188 g/mol. The third-order valence-corrected chi connectivity index (χ3v) is 2.52. The molecule has 1 aromatic rings. The number of nitrogens with zero attached hydrogens (tertiary/aromatic N) is 1. The quantitative estimate of drug-likeness (QED) is 0.649. The molecule has 0 saturated heterocycles. The molecule has 0 aliphatic rings. The summed E-state index contributed by atoms with van der Waals surface area (Å²) in [6.07, 6.45) is 3.94. The van der Waals surface area contributed by atoms with Gasteiger partial charge in [0.25, 0.3) is 0 Å². The van der Waals surface area contributed by atoms with Crippen molar-refractivity contribution in [1.82, 2.24) is 4.98 Å². The van der Waals surface area contributed by atoms with E-state index in [9.17, 15) is 0 Å². The highest BCUT2D eigenvalue weighted by Gasteiger charge is 1.93. The minimum absolute atomic E-state index is 0.594. The Hall–Kier alpha value is -0.340. The summed E-state index contributed by atoms with van der Waals surface area (Å²) in [7, 11) is 0. The molecule has 0 saturated carbocycles. The van der Waals surface area contributed by atoms with E-state index >= 15 is 0 Å². The summed E-state index contributed by atoms with van der Waals surface area (Å²) in [5, 5.41) is 1.10. The van der Waals surface area contributed by atoms with Gasteiger partial charge >= 0.3 is 0 Å². The number of rotatable bonds is 2. The van der Waals surface area contributed by atoms with Crippen LogP contribution in [0.4, 0.5) is 0 Å². The summed E-state index contributed by atoms with van der Waals surface area (Å²) in [5.41, 5.74) is 1.18. The smallest absolute Gasteiger partial charge is 0.0900 e. The Kier molecular flexibility index (Phi) is 3.09. The van der Waals surface area contributed by atoms with Gasteiger partial charge in [-0.15, -0.1) is 22.9 Å². The van der Waals surface area contributed by atoms with Crippen LogP contribution in [0.1, 0.15) is 16.8 Å². The Bertz CT molecular complexity index is 265. The van der Waals surface area contributed by atoms with Gasteiger partial charge in [-0.3, -0.25) is 0 Å². The molecule has 0 amide bonds. The normalized spacial score (nSPS) is 12.1. The Morgan fingerprint density at radius 3 is 3.00 bits per heavy atom. The van der Waals surface area contributed by atoms with E-state index in [0.717, 1.165) is 5.01 Å². The summed E-state index contributed by atoms with van der Waals surface area (Å²) < 4.78 is 0. The summed E-state index contributed by atoms with van der Waals surface area (Å²) >= 11 is 7.31. The maximum absolute atomic E-state index is 5.62. The summed E-state index contributed by atoms with van der Waals surface area (Å²) in [6.45, 7) is 4.01. The molecule has 3 heteroatoms. The lowest BCUT2D eigenvalue weighted by atomic mass is 10.3. The molecule has 11 heavy (non-hydrogen) atoms. The van der Waals surface area contributed by atoms with Crippen molar-refractivity contribution in [3.8, 4) is 0 Å². The van der Waals surface area contributed by atoms with Gasteiger partial charge in [-0.1, -0.05) is 5.57 Å². The highest BCUT2D eigenvalue weighted by atomic mass is 35.5. The zero-order valence-electron chi connectivity index (χ0n) is 6.60. The van der Waals surface area contributed by atoms with E-state index in [1.807, 2.05) is 20.0 Å². The molecule has 0 bridgehead atoms. The zero-order valence-corrected chi connectivity index (χ0v) is 8.17. The summed E-state index contributed by atoms with van der Waals surface area (Å²) in [5.74, 6) is 0.594. The molecule has 0 unspecified atom stereocenters. The molecule has 1 aromatic heterocycles. The average Bonchev–Trinajstić information content (AvgIpc) is 2.35. The van der Waals surface area contributed by atoms with Crippen LogP contribution >= 0.6 is 22.9 Å². The highest BCUT2D eigenvalue weighted by molar-refractivity contribution is 7.12. The van der Waals surface area contributed by atoms with Gasteiger partial charge in [-0.25, -0.2) is 4.98 Å². The lowest BCUT2D eigenvalue weighted by molar-refractivity contribution is 1.29. The van der Waals surface area contributed by atoms with Crippen LogP contribution in [0, 0.1) is 6.92 Å².